The molecule has 0 spiro atoms. The van der Waals surface area contributed by atoms with Gasteiger partial charge in [-0.25, -0.2) is 0 Å². The molecule has 19 heavy (non-hydrogen) atoms. The molecule has 1 atom stereocenters. The molecule has 1 rings (SSSR count). The summed E-state index contributed by atoms with van der Waals surface area (Å²) < 4.78 is 5.67. The number of ether oxygens (including phenoxy) is 1. The summed E-state index contributed by atoms with van der Waals surface area (Å²) in [5, 5.41) is 3.43. The number of hydrogen-bond donors (Lipinski definition) is 1. The Morgan fingerprint density at radius 2 is 1.95 bits per heavy atom. The first-order valence-electron chi connectivity index (χ1n) is 7.27. The van der Waals surface area contributed by atoms with Crippen LogP contribution in [0.25, 0.3) is 0 Å². The van der Waals surface area contributed by atoms with Crippen LogP contribution < -0.4 is 10.1 Å². The Morgan fingerprint density at radius 1 is 1.26 bits per heavy atom. The highest BCUT2D eigenvalue weighted by atomic mass is 16.5. The van der Waals surface area contributed by atoms with Gasteiger partial charge in [0.1, 0.15) is 12.4 Å². The second-order valence-electron chi connectivity index (χ2n) is 5.03. The van der Waals surface area contributed by atoms with Crippen molar-refractivity contribution >= 4 is 0 Å². The van der Waals surface area contributed by atoms with E-state index in [4.69, 9.17) is 4.74 Å². The standard InChI is InChI=1S/C17H27NO/c1-5-14(3)13-19-17-11-9-16(10-12-17)8-7-15(4)18-6-2/h9-12,15,18H,3,5-8,13H2,1-2,4H3. The summed E-state index contributed by atoms with van der Waals surface area (Å²) in [6, 6.07) is 8.99. The molecule has 0 heterocycles. The van der Waals surface area contributed by atoms with Crippen LogP contribution in [0.5, 0.6) is 5.75 Å². The Labute approximate surface area is 117 Å². The molecule has 0 saturated heterocycles. The lowest BCUT2D eigenvalue weighted by Gasteiger charge is -2.12. The van der Waals surface area contributed by atoms with E-state index in [0.717, 1.165) is 30.7 Å². The lowest BCUT2D eigenvalue weighted by atomic mass is 10.1. The van der Waals surface area contributed by atoms with Crippen LogP contribution in [0, 0.1) is 0 Å². The maximum absolute atomic E-state index is 5.67. The summed E-state index contributed by atoms with van der Waals surface area (Å²) in [6.45, 7) is 12.1. The Kier molecular flexibility index (Phi) is 7.27. The van der Waals surface area contributed by atoms with Gasteiger partial charge < -0.3 is 10.1 Å². The molecule has 0 saturated carbocycles. The van der Waals surface area contributed by atoms with Crippen molar-refractivity contribution in [3.8, 4) is 5.75 Å². The largest absolute Gasteiger partial charge is 0.489 e. The van der Waals surface area contributed by atoms with Crippen LogP contribution in [0.1, 0.15) is 39.2 Å². The lowest BCUT2D eigenvalue weighted by molar-refractivity contribution is 0.349. The molecule has 0 aliphatic carbocycles. The molecule has 0 radical (unpaired) electrons. The lowest BCUT2D eigenvalue weighted by Crippen LogP contribution is -2.25. The zero-order valence-corrected chi connectivity index (χ0v) is 12.5. The van der Waals surface area contributed by atoms with Crippen molar-refractivity contribution in [3.05, 3.63) is 42.0 Å². The third-order valence-electron chi connectivity index (χ3n) is 3.28. The van der Waals surface area contributed by atoms with Crippen molar-refractivity contribution in [1.29, 1.82) is 0 Å². The Bertz CT molecular complexity index is 369. The van der Waals surface area contributed by atoms with Crippen LogP contribution in [0.2, 0.25) is 0 Å². The summed E-state index contributed by atoms with van der Waals surface area (Å²) in [5.41, 5.74) is 2.50. The molecule has 1 unspecified atom stereocenters. The molecule has 0 aliphatic rings. The maximum atomic E-state index is 5.67. The fraction of sp³-hybridized carbons (Fsp3) is 0.529. The molecule has 0 aromatic heterocycles. The molecule has 0 bridgehead atoms. The third-order valence-corrected chi connectivity index (χ3v) is 3.28. The number of rotatable bonds is 9. The zero-order chi connectivity index (χ0) is 14.1. The van der Waals surface area contributed by atoms with Crippen molar-refractivity contribution in [2.24, 2.45) is 0 Å². The van der Waals surface area contributed by atoms with Gasteiger partial charge in [0.15, 0.2) is 0 Å². The minimum Gasteiger partial charge on any atom is -0.489 e. The Morgan fingerprint density at radius 3 is 2.53 bits per heavy atom. The average molecular weight is 261 g/mol. The summed E-state index contributed by atoms with van der Waals surface area (Å²) in [5.74, 6) is 0.929. The van der Waals surface area contributed by atoms with Gasteiger partial charge in [0.25, 0.3) is 0 Å². The second kappa shape index (κ2) is 8.76. The van der Waals surface area contributed by atoms with Gasteiger partial charge >= 0.3 is 0 Å². The van der Waals surface area contributed by atoms with E-state index in [1.807, 2.05) is 0 Å². The van der Waals surface area contributed by atoms with Crippen molar-refractivity contribution in [3.63, 3.8) is 0 Å². The fourth-order valence-corrected chi connectivity index (χ4v) is 1.87. The molecule has 2 nitrogen and oxygen atoms in total. The predicted octanol–water partition coefficient (Wildman–Crippen LogP) is 3.96. The van der Waals surface area contributed by atoms with Crippen molar-refractivity contribution < 1.29 is 4.74 Å². The predicted molar refractivity (Wildman–Crippen MR) is 82.8 cm³/mol. The highest BCUT2D eigenvalue weighted by molar-refractivity contribution is 5.27. The SMILES string of the molecule is C=C(CC)COc1ccc(CCC(C)NCC)cc1. The van der Waals surface area contributed by atoms with Gasteiger partial charge in [-0.1, -0.05) is 32.6 Å². The summed E-state index contributed by atoms with van der Waals surface area (Å²) in [7, 11) is 0. The second-order valence-corrected chi connectivity index (χ2v) is 5.03. The van der Waals surface area contributed by atoms with Crippen LogP contribution in [-0.4, -0.2) is 19.2 Å². The van der Waals surface area contributed by atoms with Gasteiger partial charge in [-0.3, -0.25) is 0 Å². The molecule has 0 amide bonds. The van der Waals surface area contributed by atoms with E-state index in [1.165, 1.54) is 12.0 Å². The smallest absolute Gasteiger partial charge is 0.119 e. The average Bonchev–Trinajstić information content (AvgIpc) is 2.44. The Balaban J connectivity index is 2.36. The molecule has 1 aromatic carbocycles. The molecule has 1 aromatic rings. The third kappa shape index (κ3) is 6.44. The summed E-state index contributed by atoms with van der Waals surface area (Å²) in [4.78, 5) is 0. The van der Waals surface area contributed by atoms with E-state index < -0.39 is 0 Å². The highest BCUT2D eigenvalue weighted by Gasteiger charge is 2.01. The minimum absolute atomic E-state index is 0.578. The molecule has 1 N–H and O–H groups in total. The number of aryl methyl sites for hydroxylation is 1. The topological polar surface area (TPSA) is 21.3 Å². The van der Waals surface area contributed by atoms with Crippen molar-refractivity contribution in [2.75, 3.05) is 13.2 Å². The van der Waals surface area contributed by atoms with E-state index >= 15 is 0 Å². The Hall–Kier alpha value is -1.28. The molecule has 106 valence electrons. The van der Waals surface area contributed by atoms with E-state index in [-0.39, 0.29) is 0 Å². The van der Waals surface area contributed by atoms with Gasteiger partial charge in [-0.05, 0) is 56.0 Å². The zero-order valence-electron chi connectivity index (χ0n) is 12.5. The fourth-order valence-electron chi connectivity index (χ4n) is 1.87. The van der Waals surface area contributed by atoms with Crippen LogP contribution in [0.3, 0.4) is 0 Å². The van der Waals surface area contributed by atoms with Crippen LogP contribution in [-0.2, 0) is 6.42 Å². The normalized spacial score (nSPS) is 12.2. The molecule has 0 aliphatic heterocycles. The van der Waals surface area contributed by atoms with Crippen LogP contribution in [0.4, 0.5) is 0 Å². The monoisotopic (exact) mass is 261 g/mol. The van der Waals surface area contributed by atoms with Crippen molar-refractivity contribution in [1.82, 2.24) is 5.32 Å². The van der Waals surface area contributed by atoms with E-state index in [2.05, 4.69) is 56.9 Å². The quantitative estimate of drug-likeness (QED) is 0.679. The first-order chi connectivity index (χ1) is 9.15. The van der Waals surface area contributed by atoms with Crippen LogP contribution in [0.15, 0.2) is 36.4 Å². The summed E-state index contributed by atoms with van der Waals surface area (Å²) in [6.07, 6.45) is 3.25. The molecule has 0 fully saturated rings. The number of nitrogens with one attached hydrogen (secondary N) is 1. The summed E-state index contributed by atoms with van der Waals surface area (Å²) >= 11 is 0. The van der Waals surface area contributed by atoms with Crippen LogP contribution >= 0.6 is 0 Å². The number of hydrogen-bond acceptors (Lipinski definition) is 2. The van der Waals surface area contributed by atoms with E-state index in [0.29, 0.717) is 12.6 Å². The van der Waals surface area contributed by atoms with Gasteiger partial charge in [0, 0.05) is 6.04 Å². The van der Waals surface area contributed by atoms with Gasteiger partial charge in [0.05, 0.1) is 0 Å². The van der Waals surface area contributed by atoms with E-state index in [9.17, 15) is 0 Å². The molecule has 2 heteroatoms. The first kappa shape index (κ1) is 15.8. The minimum atomic E-state index is 0.578. The maximum Gasteiger partial charge on any atom is 0.119 e. The van der Waals surface area contributed by atoms with Gasteiger partial charge in [-0.2, -0.15) is 0 Å². The molecular formula is C17H27NO. The van der Waals surface area contributed by atoms with Crippen molar-refractivity contribution in [2.45, 2.75) is 46.1 Å². The highest BCUT2D eigenvalue weighted by Crippen LogP contribution is 2.15. The van der Waals surface area contributed by atoms with Gasteiger partial charge in [-0.15, -0.1) is 0 Å². The van der Waals surface area contributed by atoms with E-state index in [1.54, 1.807) is 0 Å². The first-order valence-corrected chi connectivity index (χ1v) is 7.27. The molecular weight excluding hydrogens is 234 g/mol. The number of benzene rings is 1. The van der Waals surface area contributed by atoms with Gasteiger partial charge in [0.2, 0.25) is 0 Å².